The van der Waals surface area contributed by atoms with E-state index in [4.69, 9.17) is 13.9 Å². The normalized spacial score (nSPS) is 15.7. The van der Waals surface area contributed by atoms with E-state index < -0.39 is 98.2 Å². The van der Waals surface area contributed by atoms with Crippen molar-refractivity contribution in [2.75, 3.05) is 19.8 Å². The maximum atomic E-state index is 14.9. The highest BCUT2D eigenvalue weighted by Gasteiger charge is 2.95. The maximum absolute atomic E-state index is 14.9. The molecule has 0 spiro atoms. The van der Waals surface area contributed by atoms with E-state index in [9.17, 15) is 84.5 Å². The lowest BCUT2D eigenvalue weighted by molar-refractivity contribution is -0.461. The number of aliphatic hydroxyl groups is 1. The van der Waals surface area contributed by atoms with Gasteiger partial charge in [0.25, 0.3) is 0 Å². The molecule has 0 unspecified atom stereocenters. The van der Waals surface area contributed by atoms with E-state index >= 15 is 0 Å². The molecule has 0 fully saturated rings. The summed E-state index contributed by atoms with van der Waals surface area (Å²) < 4.78 is 250. The summed E-state index contributed by atoms with van der Waals surface area (Å²) in [4.78, 5) is 11.5. The molecule has 0 aromatic heterocycles. The van der Waals surface area contributed by atoms with Gasteiger partial charge in [-0.25, -0.2) is 4.79 Å². The molecule has 2 atom stereocenters. The van der Waals surface area contributed by atoms with Crippen LogP contribution in [0.25, 0.3) is 0 Å². The number of ether oxygens (including phenoxy) is 2. The number of aliphatic hydroxyl groups excluding tert-OH is 1. The molecule has 1 aromatic carbocycles. The number of allylic oxidation sites excluding steroid dienone is 1. The molecule has 1 aromatic rings. The van der Waals surface area contributed by atoms with Gasteiger partial charge in [0.15, 0.2) is 8.32 Å². The smallest absolute Gasteiger partial charge is 0.460 e. The van der Waals surface area contributed by atoms with Crippen molar-refractivity contribution in [2.24, 2.45) is 5.92 Å². The minimum atomic E-state index is -8.68. The standard InChI is InChI=1S/C34H41F17O5Si/c1-7-16-55-25(52)10-8-9-22(6)26(53)23-11-13-24(14-12-23)54-17-18-56-57(20(2)3,21(4)5)19-15-27(35,36)28(37,38)29(39,40)30(41,42)31(43,44)32(45,46)33(47,48)34(49,50)51/h7-8,10-14,20-22,26,53H,1,9,15-19H2,2-6H3/b10-8+/t22-,26-/m1/s1. The zero-order chi connectivity index (χ0) is 44.9. The zero-order valence-corrected chi connectivity index (χ0v) is 31.8. The first-order valence-corrected chi connectivity index (χ1v) is 19.0. The van der Waals surface area contributed by atoms with Crippen LogP contribution >= 0.6 is 0 Å². The molecule has 1 rings (SSSR count). The number of carbonyl (C=O) groups excluding carboxylic acids is 1. The highest BCUT2D eigenvalue weighted by Crippen LogP contribution is 2.64. The van der Waals surface area contributed by atoms with Crippen molar-refractivity contribution in [3.05, 3.63) is 54.6 Å². The van der Waals surface area contributed by atoms with Gasteiger partial charge in [-0.3, -0.25) is 0 Å². The molecular formula is C34H41F17O5Si. The van der Waals surface area contributed by atoms with Gasteiger partial charge in [-0.1, -0.05) is 65.5 Å². The Kier molecular flexibility index (Phi) is 16.8. The highest BCUT2D eigenvalue weighted by atomic mass is 28.4. The van der Waals surface area contributed by atoms with Gasteiger partial charge in [0.1, 0.15) is 19.0 Å². The van der Waals surface area contributed by atoms with Crippen molar-refractivity contribution >= 4 is 14.3 Å². The predicted octanol–water partition coefficient (Wildman–Crippen LogP) is 11.6. The Morgan fingerprint density at radius 3 is 1.61 bits per heavy atom. The summed E-state index contributed by atoms with van der Waals surface area (Å²) in [5, 5.41) is 10.6. The number of alkyl halides is 17. The van der Waals surface area contributed by atoms with Crippen molar-refractivity contribution in [2.45, 2.75) is 118 Å². The molecule has 0 aliphatic heterocycles. The van der Waals surface area contributed by atoms with Gasteiger partial charge in [0, 0.05) is 12.5 Å². The van der Waals surface area contributed by atoms with E-state index in [1.807, 2.05) is 0 Å². The van der Waals surface area contributed by atoms with Crippen LogP contribution in [0.2, 0.25) is 17.1 Å². The molecule has 0 aliphatic rings. The summed E-state index contributed by atoms with van der Waals surface area (Å²) in [5.74, 6) is -57.5. The quantitative estimate of drug-likeness (QED) is 0.0296. The Balaban J connectivity index is 3.15. The molecule has 330 valence electrons. The lowest BCUT2D eigenvalue weighted by atomic mass is 9.88. The van der Waals surface area contributed by atoms with Crippen LogP contribution in [0.15, 0.2) is 49.1 Å². The molecule has 0 aliphatic carbocycles. The van der Waals surface area contributed by atoms with E-state index in [1.165, 1.54) is 70.2 Å². The lowest BCUT2D eigenvalue weighted by Gasteiger charge is -2.44. The molecule has 0 bridgehead atoms. The molecule has 0 saturated heterocycles. The van der Waals surface area contributed by atoms with Crippen LogP contribution in [0, 0.1) is 5.92 Å². The number of hydrogen-bond donors (Lipinski definition) is 1. The van der Waals surface area contributed by atoms with Crippen LogP contribution < -0.4 is 4.74 Å². The number of carbonyl (C=O) groups is 1. The second-order valence-corrected chi connectivity index (χ2v) is 18.7. The molecule has 1 N–H and O–H groups in total. The average molecular weight is 881 g/mol. The summed E-state index contributed by atoms with van der Waals surface area (Å²) in [5.41, 5.74) is -1.28. The number of benzene rings is 1. The summed E-state index contributed by atoms with van der Waals surface area (Å²) in [6.45, 7) is 9.54. The third kappa shape index (κ3) is 10.4. The van der Waals surface area contributed by atoms with Gasteiger partial charge in [0.05, 0.1) is 12.7 Å². The Morgan fingerprint density at radius 1 is 0.719 bits per heavy atom. The number of hydrogen-bond acceptors (Lipinski definition) is 5. The molecule has 0 amide bonds. The van der Waals surface area contributed by atoms with Crippen LogP contribution in [0.1, 0.15) is 59.1 Å². The Hall–Kier alpha value is -3.08. The van der Waals surface area contributed by atoms with E-state index in [0.717, 1.165) is 0 Å². The van der Waals surface area contributed by atoms with Crippen molar-refractivity contribution in [1.29, 1.82) is 0 Å². The minimum Gasteiger partial charge on any atom is -0.491 e. The van der Waals surface area contributed by atoms with Crippen LogP contribution in [0.4, 0.5) is 74.6 Å². The first-order chi connectivity index (χ1) is 25.6. The Bertz CT molecular complexity index is 1490. The second-order valence-electron chi connectivity index (χ2n) is 13.7. The van der Waals surface area contributed by atoms with Gasteiger partial charge in [-0.15, -0.1) is 0 Å². The Labute approximate surface area is 317 Å². The van der Waals surface area contributed by atoms with Gasteiger partial charge >= 0.3 is 53.6 Å². The third-order valence-electron chi connectivity index (χ3n) is 9.16. The third-order valence-corrected chi connectivity index (χ3v) is 14.8. The molecule has 0 heterocycles. The largest absolute Gasteiger partial charge is 0.491 e. The van der Waals surface area contributed by atoms with E-state index in [2.05, 4.69) is 6.58 Å². The monoisotopic (exact) mass is 880 g/mol. The Morgan fingerprint density at radius 2 is 1.18 bits per heavy atom. The van der Waals surface area contributed by atoms with Gasteiger partial charge in [-0.05, 0) is 47.2 Å². The number of halogens is 17. The molecule has 0 radical (unpaired) electrons. The van der Waals surface area contributed by atoms with Crippen molar-refractivity contribution in [1.82, 2.24) is 0 Å². The highest BCUT2D eigenvalue weighted by molar-refractivity contribution is 6.76. The van der Waals surface area contributed by atoms with Crippen molar-refractivity contribution in [3.8, 4) is 5.75 Å². The van der Waals surface area contributed by atoms with Gasteiger partial charge in [-0.2, -0.15) is 74.6 Å². The molecular weight excluding hydrogens is 839 g/mol. The van der Waals surface area contributed by atoms with Crippen LogP contribution in [-0.4, -0.2) is 86.8 Å². The fourth-order valence-corrected chi connectivity index (χ4v) is 10.0. The predicted molar refractivity (Wildman–Crippen MR) is 173 cm³/mol. The van der Waals surface area contributed by atoms with Gasteiger partial charge in [0.2, 0.25) is 0 Å². The van der Waals surface area contributed by atoms with E-state index in [1.54, 1.807) is 6.92 Å². The second kappa shape index (κ2) is 18.5. The first-order valence-electron chi connectivity index (χ1n) is 16.8. The summed E-state index contributed by atoms with van der Waals surface area (Å²) >= 11 is 0. The molecule has 57 heavy (non-hydrogen) atoms. The molecule has 0 saturated carbocycles. The topological polar surface area (TPSA) is 65.0 Å². The molecule has 23 heteroatoms. The van der Waals surface area contributed by atoms with Crippen LogP contribution in [0.5, 0.6) is 5.75 Å². The van der Waals surface area contributed by atoms with Crippen LogP contribution in [-0.2, 0) is 14.0 Å². The molecule has 5 nitrogen and oxygen atoms in total. The van der Waals surface area contributed by atoms with Crippen molar-refractivity contribution < 1.29 is 98.4 Å². The fourth-order valence-electron chi connectivity index (χ4n) is 5.53. The zero-order valence-electron chi connectivity index (χ0n) is 30.8. The van der Waals surface area contributed by atoms with E-state index in [0.29, 0.717) is 5.56 Å². The maximum Gasteiger partial charge on any atom is 0.460 e. The lowest BCUT2D eigenvalue weighted by Crippen LogP contribution is -2.74. The summed E-state index contributed by atoms with van der Waals surface area (Å²) in [6, 6.07) is 4.46. The van der Waals surface area contributed by atoms with Crippen LogP contribution in [0.3, 0.4) is 0 Å². The van der Waals surface area contributed by atoms with E-state index in [-0.39, 0.29) is 31.3 Å². The summed E-state index contributed by atoms with van der Waals surface area (Å²) in [7, 11) is -3.95. The van der Waals surface area contributed by atoms with Crippen molar-refractivity contribution in [3.63, 3.8) is 0 Å². The number of esters is 1. The fraction of sp³-hybridized carbons (Fsp3) is 0.676. The number of rotatable bonds is 23. The summed E-state index contributed by atoms with van der Waals surface area (Å²) in [6.07, 6.45) is -7.04. The first kappa shape index (κ1) is 51.9. The SMILES string of the molecule is C=CCOC(=O)/C=C/C[C@@H](C)[C@@H](O)c1ccc(OCCO[Si](CCC(F)(F)C(F)(F)C(F)(F)C(F)(F)C(F)(F)C(F)(F)C(F)(F)C(F)(F)F)(C(C)C)C(C)C)cc1. The minimum absolute atomic E-state index is 0.0121. The van der Waals surface area contributed by atoms with Gasteiger partial charge < -0.3 is 19.0 Å². The average Bonchev–Trinajstić information content (AvgIpc) is 3.08.